The summed E-state index contributed by atoms with van der Waals surface area (Å²) in [6, 6.07) is 0. The van der Waals surface area contributed by atoms with Crippen LogP contribution in [-0.4, -0.2) is 51.8 Å². The maximum atomic E-state index is 12.0. The van der Waals surface area contributed by atoms with Crippen molar-refractivity contribution < 1.29 is 29.3 Å². The molecule has 7 heteroatoms. The number of carboxylic acids is 2. The maximum Gasteiger partial charge on any atom is 0.410 e. The Morgan fingerprint density at radius 1 is 1.30 bits per heavy atom. The number of nitrogens with zero attached hydrogens (tertiary/aromatic N) is 1. The average Bonchev–Trinajstić information content (AvgIpc) is 2.67. The van der Waals surface area contributed by atoms with Crippen LogP contribution in [0.2, 0.25) is 0 Å². The number of amides is 1. The third-order valence-corrected chi connectivity index (χ3v) is 3.55. The first-order valence-electron chi connectivity index (χ1n) is 6.47. The minimum absolute atomic E-state index is 0.137. The molecule has 1 aliphatic heterocycles. The molecule has 7 nitrogen and oxygen atoms in total. The summed E-state index contributed by atoms with van der Waals surface area (Å²) in [7, 11) is 0. The van der Waals surface area contributed by atoms with Crippen molar-refractivity contribution in [2.24, 2.45) is 11.3 Å². The Morgan fingerprint density at radius 3 is 2.15 bits per heavy atom. The number of carbonyl (C=O) groups is 3. The van der Waals surface area contributed by atoms with Crippen LogP contribution in [0.25, 0.3) is 0 Å². The third-order valence-electron chi connectivity index (χ3n) is 3.55. The summed E-state index contributed by atoms with van der Waals surface area (Å²) >= 11 is 0. The molecule has 0 aliphatic carbocycles. The van der Waals surface area contributed by atoms with Gasteiger partial charge in [-0.2, -0.15) is 0 Å². The molecule has 0 unspecified atom stereocenters. The van der Waals surface area contributed by atoms with E-state index in [9.17, 15) is 24.6 Å². The molecular formula is C13H21NO6. The van der Waals surface area contributed by atoms with Crippen LogP contribution < -0.4 is 0 Å². The molecule has 0 aromatic carbocycles. The number of likely N-dealkylation sites (tertiary alicyclic amines) is 1. The number of ether oxygens (including phenoxy) is 1. The molecule has 1 aliphatic rings. The number of rotatable bonds is 3. The molecular weight excluding hydrogens is 266 g/mol. The van der Waals surface area contributed by atoms with Gasteiger partial charge in [-0.3, -0.25) is 9.59 Å². The number of carboxylic acid groups (broad SMARTS) is 2. The van der Waals surface area contributed by atoms with Gasteiger partial charge in [0.25, 0.3) is 0 Å². The van der Waals surface area contributed by atoms with E-state index in [0.29, 0.717) is 0 Å². The first-order valence-corrected chi connectivity index (χ1v) is 6.47. The van der Waals surface area contributed by atoms with E-state index in [1.54, 1.807) is 27.7 Å². The molecule has 1 rings (SSSR count). The largest absolute Gasteiger partial charge is 0.481 e. The van der Waals surface area contributed by atoms with E-state index >= 15 is 0 Å². The van der Waals surface area contributed by atoms with E-state index in [1.807, 2.05) is 0 Å². The van der Waals surface area contributed by atoms with Gasteiger partial charge in [0, 0.05) is 13.1 Å². The van der Waals surface area contributed by atoms with Gasteiger partial charge in [0.05, 0.1) is 5.92 Å². The standard InChI is InChI=1S/C13H21NO6/c1-5-13(10(17)18)7-14(6-8(13)9(15)16)11(19)20-12(2,3)4/h8H,5-7H2,1-4H3,(H,15,16)(H,17,18)/t8-,13-/m1/s1. The Kier molecular flexibility index (Phi) is 4.31. The van der Waals surface area contributed by atoms with E-state index in [4.69, 9.17) is 4.74 Å². The number of aliphatic carboxylic acids is 2. The van der Waals surface area contributed by atoms with Crippen LogP contribution in [0.15, 0.2) is 0 Å². The van der Waals surface area contributed by atoms with E-state index < -0.39 is 35.0 Å². The summed E-state index contributed by atoms with van der Waals surface area (Å²) in [4.78, 5) is 35.9. The molecule has 2 N–H and O–H groups in total. The molecule has 1 fully saturated rings. The zero-order valence-corrected chi connectivity index (χ0v) is 12.2. The smallest absolute Gasteiger partial charge is 0.410 e. The van der Waals surface area contributed by atoms with Gasteiger partial charge in [0.2, 0.25) is 0 Å². The van der Waals surface area contributed by atoms with E-state index in [2.05, 4.69) is 0 Å². The van der Waals surface area contributed by atoms with Crippen molar-refractivity contribution in [3.63, 3.8) is 0 Å². The lowest BCUT2D eigenvalue weighted by Crippen LogP contribution is -2.42. The van der Waals surface area contributed by atoms with Gasteiger partial charge in [0.15, 0.2) is 0 Å². The minimum atomic E-state index is -1.46. The first-order chi connectivity index (χ1) is 9.03. The third kappa shape index (κ3) is 3.02. The van der Waals surface area contributed by atoms with Gasteiger partial charge >= 0.3 is 18.0 Å². The lowest BCUT2D eigenvalue weighted by Gasteiger charge is -2.27. The van der Waals surface area contributed by atoms with Crippen molar-refractivity contribution in [1.82, 2.24) is 4.90 Å². The van der Waals surface area contributed by atoms with Crippen molar-refractivity contribution in [1.29, 1.82) is 0 Å². The Morgan fingerprint density at radius 2 is 1.85 bits per heavy atom. The second kappa shape index (κ2) is 5.30. The molecule has 0 bridgehead atoms. The summed E-state index contributed by atoms with van der Waals surface area (Å²) < 4.78 is 5.17. The SMILES string of the molecule is CC[C@@]1(C(=O)O)CN(C(=O)OC(C)(C)C)C[C@@H]1C(=O)O. The predicted molar refractivity (Wildman–Crippen MR) is 69.3 cm³/mol. The fourth-order valence-electron chi connectivity index (χ4n) is 2.42. The van der Waals surface area contributed by atoms with Gasteiger partial charge in [-0.15, -0.1) is 0 Å². The molecule has 1 amide bonds. The van der Waals surface area contributed by atoms with Gasteiger partial charge in [-0.25, -0.2) is 4.79 Å². The summed E-state index contributed by atoms with van der Waals surface area (Å²) in [5.74, 6) is -3.53. The molecule has 114 valence electrons. The quantitative estimate of drug-likeness (QED) is 0.813. The van der Waals surface area contributed by atoms with Crippen LogP contribution in [-0.2, 0) is 14.3 Å². The Hall–Kier alpha value is -1.79. The normalized spacial score (nSPS) is 26.4. The second-order valence-electron chi connectivity index (χ2n) is 6.07. The van der Waals surface area contributed by atoms with E-state index in [1.165, 1.54) is 4.90 Å². The highest BCUT2D eigenvalue weighted by Gasteiger charge is 2.56. The lowest BCUT2D eigenvalue weighted by atomic mass is 9.76. The highest BCUT2D eigenvalue weighted by atomic mass is 16.6. The molecule has 20 heavy (non-hydrogen) atoms. The summed E-state index contributed by atoms with van der Waals surface area (Å²) in [6.45, 7) is 6.40. The number of carbonyl (C=O) groups excluding carboxylic acids is 1. The summed E-state index contributed by atoms with van der Waals surface area (Å²) in [6.07, 6.45) is -0.543. The van der Waals surface area contributed by atoms with Gasteiger partial charge in [-0.05, 0) is 27.2 Å². The zero-order valence-electron chi connectivity index (χ0n) is 12.2. The van der Waals surface area contributed by atoms with Crippen LogP contribution in [0.3, 0.4) is 0 Å². The monoisotopic (exact) mass is 287 g/mol. The fraction of sp³-hybridized carbons (Fsp3) is 0.769. The molecule has 2 atom stereocenters. The molecule has 0 aromatic heterocycles. The van der Waals surface area contributed by atoms with Crippen molar-refractivity contribution in [2.75, 3.05) is 13.1 Å². The zero-order chi connectivity index (χ0) is 15.7. The average molecular weight is 287 g/mol. The van der Waals surface area contributed by atoms with Gasteiger partial charge in [-0.1, -0.05) is 6.92 Å². The van der Waals surface area contributed by atoms with Crippen molar-refractivity contribution >= 4 is 18.0 Å². The number of hydrogen-bond donors (Lipinski definition) is 2. The Balaban J connectivity index is 2.99. The topological polar surface area (TPSA) is 104 Å². The van der Waals surface area contributed by atoms with Crippen LogP contribution in [0.1, 0.15) is 34.1 Å². The highest BCUT2D eigenvalue weighted by Crippen LogP contribution is 2.40. The molecule has 0 radical (unpaired) electrons. The highest BCUT2D eigenvalue weighted by molar-refractivity contribution is 5.86. The minimum Gasteiger partial charge on any atom is -0.481 e. The van der Waals surface area contributed by atoms with Crippen LogP contribution >= 0.6 is 0 Å². The molecule has 1 heterocycles. The van der Waals surface area contributed by atoms with Crippen molar-refractivity contribution in [2.45, 2.75) is 39.7 Å². The van der Waals surface area contributed by atoms with E-state index in [-0.39, 0.29) is 19.5 Å². The Labute approximate surface area is 117 Å². The maximum absolute atomic E-state index is 12.0. The molecule has 0 aromatic rings. The van der Waals surface area contributed by atoms with Gasteiger partial charge < -0.3 is 19.8 Å². The van der Waals surface area contributed by atoms with Crippen LogP contribution in [0.4, 0.5) is 4.79 Å². The molecule has 1 saturated heterocycles. The fourth-order valence-corrected chi connectivity index (χ4v) is 2.42. The number of hydrogen-bond acceptors (Lipinski definition) is 4. The Bertz CT molecular complexity index is 427. The first kappa shape index (κ1) is 16.3. The second-order valence-corrected chi connectivity index (χ2v) is 6.07. The van der Waals surface area contributed by atoms with Crippen LogP contribution in [0, 0.1) is 11.3 Å². The molecule has 0 saturated carbocycles. The summed E-state index contributed by atoms with van der Waals surface area (Å²) in [5.41, 5.74) is -2.17. The van der Waals surface area contributed by atoms with Crippen molar-refractivity contribution in [3.05, 3.63) is 0 Å². The van der Waals surface area contributed by atoms with Gasteiger partial charge in [0.1, 0.15) is 11.0 Å². The van der Waals surface area contributed by atoms with Crippen molar-refractivity contribution in [3.8, 4) is 0 Å². The summed E-state index contributed by atoms with van der Waals surface area (Å²) in [5, 5.41) is 18.6. The predicted octanol–water partition coefficient (Wildman–Crippen LogP) is 1.42. The lowest BCUT2D eigenvalue weighted by molar-refractivity contribution is -0.159. The molecule has 0 spiro atoms. The van der Waals surface area contributed by atoms with E-state index in [0.717, 1.165) is 0 Å². The van der Waals surface area contributed by atoms with Crippen LogP contribution in [0.5, 0.6) is 0 Å².